The Hall–Kier alpha value is -4.06. The molecule has 3 aromatic carbocycles. The van der Waals surface area contributed by atoms with Crippen molar-refractivity contribution < 1.29 is 27.8 Å². The van der Waals surface area contributed by atoms with Gasteiger partial charge in [-0.05, 0) is 56.2 Å². The molecule has 0 saturated carbocycles. The van der Waals surface area contributed by atoms with E-state index in [0.29, 0.717) is 16.9 Å². The van der Waals surface area contributed by atoms with Gasteiger partial charge in [-0.1, -0.05) is 48.6 Å². The molecule has 3 rings (SSSR count). The highest BCUT2D eigenvalue weighted by Gasteiger charge is 2.16. The van der Waals surface area contributed by atoms with Crippen LogP contribution in [-0.2, 0) is 9.59 Å². The molecule has 0 radical (unpaired) electrons. The molecule has 0 N–H and O–H groups in total. The van der Waals surface area contributed by atoms with Crippen molar-refractivity contribution in [3.8, 4) is 33.8 Å². The van der Waals surface area contributed by atoms with Crippen LogP contribution >= 0.6 is 0 Å². The first kappa shape index (κ1) is 25.2. The summed E-state index contributed by atoms with van der Waals surface area (Å²) in [7, 11) is 0. The topological polar surface area (TPSA) is 52.6 Å². The van der Waals surface area contributed by atoms with E-state index in [1.54, 1.807) is 0 Å². The molecule has 0 aromatic heterocycles. The van der Waals surface area contributed by atoms with Gasteiger partial charge in [-0.2, -0.15) is 0 Å². The molecule has 0 aliphatic carbocycles. The zero-order valence-electron chi connectivity index (χ0n) is 18.7. The van der Waals surface area contributed by atoms with Crippen molar-refractivity contribution in [3.63, 3.8) is 0 Å². The van der Waals surface area contributed by atoms with Gasteiger partial charge in [0.25, 0.3) is 6.47 Å². The van der Waals surface area contributed by atoms with Gasteiger partial charge in [-0.15, -0.1) is 6.58 Å². The average molecular weight is 450 g/mol. The Kier molecular flexibility index (Phi) is 8.80. The molecule has 33 heavy (non-hydrogen) atoms. The van der Waals surface area contributed by atoms with E-state index >= 15 is 0 Å². The van der Waals surface area contributed by atoms with Crippen LogP contribution in [0, 0.1) is 11.6 Å². The van der Waals surface area contributed by atoms with Crippen molar-refractivity contribution >= 4 is 12.4 Å². The first-order valence-electron chi connectivity index (χ1n) is 9.93. The zero-order valence-corrected chi connectivity index (χ0v) is 18.7. The third-order valence-electron chi connectivity index (χ3n) is 4.16. The molecule has 4 nitrogen and oxygen atoms in total. The SMILES string of the molecule is C=C(C)C.C=C(C)C(=O)Oc1ccc(-c2ccc(-c3ccc(OC=O)cc3)c(F)c2F)cc1. The molecule has 0 aliphatic heterocycles. The standard InChI is InChI=1S/C23H16F2O4.C4H8/c1-14(2)23(27)29-18-9-5-16(6-10-18)20-12-11-19(21(24)22(20)25)15-3-7-17(8-4-15)28-13-26;1-4(2)3/h3-13H,1H2,2H3;1H2,2-3H3. The number of benzene rings is 3. The second-order valence-corrected chi connectivity index (χ2v) is 7.43. The van der Waals surface area contributed by atoms with E-state index in [0.717, 1.165) is 0 Å². The number of esters is 1. The van der Waals surface area contributed by atoms with E-state index in [4.69, 9.17) is 4.74 Å². The first-order chi connectivity index (χ1) is 15.6. The van der Waals surface area contributed by atoms with Crippen LogP contribution in [0.4, 0.5) is 8.78 Å². The van der Waals surface area contributed by atoms with Gasteiger partial charge in [0.1, 0.15) is 11.5 Å². The van der Waals surface area contributed by atoms with Gasteiger partial charge < -0.3 is 9.47 Å². The predicted octanol–water partition coefficient (Wildman–Crippen LogP) is 6.90. The Labute approximate surface area is 191 Å². The van der Waals surface area contributed by atoms with Crippen molar-refractivity contribution in [2.45, 2.75) is 20.8 Å². The number of ether oxygens (including phenoxy) is 2. The van der Waals surface area contributed by atoms with E-state index in [2.05, 4.69) is 17.9 Å². The van der Waals surface area contributed by atoms with E-state index in [9.17, 15) is 18.4 Å². The highest BCUT2D eigenvalue weighted by atomic mass is 19.2. The number of hydrogen-bond acceptors (Lipinski definition) is 4. The maximum absolute atomic E-state index is 14.7. The molecule has 0 unspecified atom stereocenters. The summed E-state index contributed by atoms with van der Waals surface area (Å²) in [5.74, 6) is -1.98. The number of hydrogen-bond donors (Lipinski definition) is 0. The summed E-state index contributed by atoms with van der Waals surface area (Å²) in [5, 5.41) is 0. The van der Waals surface area contributed by atoms with Gasteiger partial charge in [0.15, 0.2) is 11.6 Å². The minimum atomic E-state index is -0.998. The lowest BCUT2D eigenvalue weighted by atomic mass is 9.98. The lowest BCUT2D eigenvalue weighted by Gasteiger charge is -2.10. The van der Waals surface area contributed by atoms with Gasteiger partial charge in [0.05, 0.1) is 0 Å². The monoisotopic (exact) mass is 450 g/mol. The minimum Gasteiger partial charge on any atom is -0.429 e. The fourth-order valence-corrected chi connectivity index (χ4v) is 2.66. The quantitative estimate of drug-likeness (QED) is 0.135. The molecule has 0 amide bonds. The van der Waals surface area contributed by atoms with Gasteiger partial charge in [-0.3, -0.25) is 4.79 Å². The third-order valence-corrected chi connectivity index (χ3v) is 4.16. The lowest BCUT2D eigenvalue weighted by Crippen LogP contribution is -2.07. The van der Waals surface area contributed by atoms with E-state index in [-0.39, 0.29) is 28.9 Å². The molecule has 6 heteroatoms. The van der Waals surface area contributed by atoms with Crippen molar-refractivity contribution in [1.82, 2.24) is 0 Å². The van der Waals surface area contributed by atoms with Crippen LogP contribution in [-0.4, -0.2) is 12.4 Å². The number of carbonyl (C=O) groups is 2. The Bertz CT molecular complexity index is 1160. The second-order valence-electron chi connectivity index (χ2n) is 7.43. The van der Waals surface area contributed by atoms with Crippen molar-refractivity contribution in [2.75, 3.05) is 0 Å². The summed E-state index contributed by atoms with van der Waals surface area (Å²) in [4.78, 5) is 21.9. The molecule has 0 heterocycles. The summed E-state index contributed by atoms with van der Waals surface area (Å²) in [6.45, 7) is 12.8. The van der Waals surface area contributed by atoms with Crippen molar-refractivity contribution in [2.24, 2.45) is 0 Å². The van der Waals surface area contributed by atoms with Gasteiger partial charge in [0.2, 0.25) is 0 Å². The van der Waals surface area contributed by atoms with Crippen molar-refractivity contribution in [3.05, 3.63) is 96.6 Å². The van der Waals surface area contributed by atoms with Gasteiger partial charge in [-0.25, -0.2) is 13.6 Å². The van der Waals surface area contributed by atoms with Crippen molar-refractivity contribution in [1.29, 1.82) is 0 Å². The highest BCUT2D eigenvalue weighted by molar-refractivity contribution is 5.88. The summed E-state index contributed by atoms with van der Waals surface area (Å²) >= 11 is 0. The molecule has 0 atom stereocenters. The molecule has 0 spiro atoms. The molecule has 3 aromatic rings. The number of carbonyl (C=O) groups excluding carboxylic acids is 2. The summed E-state index contributed by atoms with van der Waals surface area (Å²) in [5.41, 5.74) is 2.44. The zero-order chi connectivity index (χ0) is 24.5. The molecular weight excluding hydrogens is 426 g/mol. The molecule has 0 bridgehead atoms. The largest absolute Gasteiger partial charge is 0.429 e. The molecule has 0 aliphatic rings. The Morgan fingerprint density at radius 2 is 1.15 bits per heavy atom. The minimum absolute atomic E-state index is 0.0740. The fraction of sp³-hybridized carbons (Fsp3) is 0.111. The fourth-order valence-electron chi connectivity index (χ4n) is 2.66. The van der Waals surface area contributed by atoms with E-state index in [1.807, 2.05) is 13.8 Å². The van der Waals surface area contributed by atoms with Gasteiger partial charge >= 0.3 is 5.97 Å². The predicted molar refractivity (Wildman–Crippen MR) is 125 cm³/mol. The normalized spacial score (nSPS) is 9.85. The summed E-state index contributed by atoms with van der Waals surface area (Å²) < 4.78 is 39.2. The van der Waals surface area contributed by atoms with E-state index in [1.165, 1.54) is 73.2 Å². The first-order valence-corrected chi connectivity index (χ1v) is 9.93. The van der Waals surface area contributed by atoms with Crippen LogP contribution in [0.5, 0.6) is 11.5 Å². The Balaban J connectivity index is 0.000000890. The van der Waals surface area contributed by atoms with Crippen LogP contribution in [0.2, 0.25) is 0 Å². The number of rotatable bonds is 6. The van der Waals surface area contributed by atoms with Crippen LogP contribution in [0.1, 0.15) is 20.8 Å². The van der Waals surface area contributed by atoms with Crippen LogP contribution in [0.25, 0.3) is 22.3 Å². The van der Waals surface area contributed by atoms with Crippen LogP contribution < -0.4 is 9.47 Å². The summed E-state index contributed by atoms with van der Waals surface area (Å²) in [6.07, 6.45) is 0. The summed E-state index contributed by atoms with van der Waals surface area (Å²) in [6, 6.07) is 15.0. The molecule has 170 valence electrons. The van der Waals surface area contributed by atoms with Crippen LogP contribution in [0.15, 0.2) is 85.0 Å². The second kappa shape index (κ2) is 11.5. The lowest BCUT2D eigenvalue weighted by molar-refractivity contribution is -0.130. The highest BCUT2D eigenvalue weighted by Crippen LogP contribution is 2.32. The average Bonchev–Trinajstić information content (AvgIpc) is 2.77. The third kappa shape index (κ3) is 6.97. The smallest absolute Gasteiger partial charge is 0.338 e. The Morgan fingerprint density at radius 3 is 1.52 bits per heavy atom. The molecule has 0 fully saturated rings. The number of allylic oxidation sites excluding steroid dienone is 1. The van der Waals surface area contributed by atoms with Crippen LogP contribution in [0.3, 0.4) is 0 Å². The Morgan fingerprint density at radius 1 is 0.758 bits per heavy atom. The molecule has 0 saturated heterocycles. The number of halogens is 2. The molecular formula is C27H24F2O4. The maximum atomic E-state index is 14.7. The van der Waals surface area contributed by atoms with E-state index < -0.39 is 17.6 Å². The van der Waals surface area contributed by atoms with Gasteiger partial charge in [0, 0.05) is 16.7 Å². The maximum Gasteiger partial charge on any atom is 0.338 e.